The minimum absolute atomic E-state index is 0.0450. The molecule has 33 heavy (non-hydrogen) atoms. The molecule has 1 N–H and O–H groups in total. The summed E-state index contributed by atoms with van der Waals surface area (Å²) in [6.07, 6.45) is 2.83. The normalized spacial score (nSPS) is 33.1. The van der Waals surface area contributed by atoms with Gasteiger partial charge in [0.15, 0.2) is 11.5 Å². The molecule has 8 nitrogen and oxygen atoms in total. The van der Waals surface area contributed by atoms with Gasteiger partial charge in [0.05, 0.1) is 30.8 Å². The Morgan fingerprint density at radius 2 is 1.55 bits per heavy atom. The molecule has 5 rings (SSSR count). The lowest BCUT2D eigenvalue weighted by Crippen LogP contribution is -2.43. The molecule has 2 aliphatic carbocycles. The van der Waals surface area contributed by atoms with E-state index in [0.29, 0.717) is 37.2 Å². The van der Waals surface area contributed by atoms with Crippen molar-refractivity contribution in [2.45, 2.75) is 32.6 Å². The van der Waals surface area contributed by atoms with Crippen molar-refractivity contribution < 1.29 is 29.0 Å². The average molecular weight is 453 g/mol. The van der Waals surface area contributed by atoms with Gasteiger partial charge in [0.1, 0.15) is 0 Å². The van der Waals surface area contributed by atoms with Crippen molar-refractivity contribution >= 4 is 23.6 Å². The quantitative estimate of drug-likeness (QED) is 0.554. The molecule has 4 amide bonds. The van der Waals surface area contributed by atoms with Crippen LogP contribution in [0.5, 0.6) is 11.5 Å². The van der Waals surface area contributed by atoms with Gasteiger partial charge in [0.2, 0.25) is 23.6 Å². The molecule has 1 saturated carbocycles. The van der Waals surface area contributed by atoms with Crippen LogP contribution >= 0.6 is 0 Å². The van der Waals surface area contributed by atoms with Crippen molar-refractivity contribution in [3.8, 4) is 11.5 Å². The average Bonchev–Trinajstić information content (AvgIpc) is 3.20. The minimum Gasteiger partial charge on any atom is -0.504 e. The first-order valence-electron chi connectivity index (χ1n) is 11.6. The molecule has 2 aliphatic heterocycles. The standard InChI is InChI=1S/C25H28N2O6/c1-4-26-22(29)14-8-7-13-15(20(14)24(26)31)11-16-21(25(32)27(5-2)23(16)30)19(13)12-6-9-18(33-3)17(28)10-12/h6-7,9-10,14-16,19-21,28H,4-5,8,11H2,1-3H3/t14-,15+,16+,19-,20-,21+/m0/s1. The van der Waals surface area contributed by atoms with Crippen LogP contribution < -0.4 is 4.74 Å². The lowest BCUT2D eigenvalue weighted by molar-refractivity contribution is -0.141. The SMILES string of the molecule is CCN1C(=O)[C@H]2[C@H](CC=C3[C@H]2C[C@H]2C(=O)N(CC)C(=O)[C@H]2[C@H]3c2ccc(OC)c(O)c2)C1=O. The number of aromatic hydroxyl groups is 1. The number of allylic oxidation sites excluding steroid dienone is 2. The zero-order valence-corrected chi connectivity index (χ0v) is 19.0. The number of carbonyl (C=O) groups is 4. The molecule has 174 valence electrons. The maximum atomic E-state index is 13.4. The lowest BCUT2D eigenvalue weighted by atomic mass is 9.57. The predicted octanol–water partition coefficient (Wildman–Crippen LogP) is 2.08. The smallest absolute Gasteiger partial charge is 0.234 e. The number of benzene rings is 1. The lowest BCUT2D eigenvalue weighted by Gasteiger charge is -2.44. The Bertz CT molecular complexity index is 1090. The molecule has 3 fully saturated rings. The highest BCUT2D eigenvalue weighted by Gasteiger charge is 2.61. The Hall–Kier alpha value is -3.16. The first-order chi connectivity index (χ1) is 15.8. The first kappa shape index (κ1) is 21.7. The topological polar surface area (TPSA) is 104 Å². The second-order valence-electron chi connectivity index (χ2n) is 9.30. The van der Waals surface area contributed by atoms with E-state index in [1.54, 1.807) is 26.0 Å². The highest BCUT2D eigenvalue weighted by atomic mass is 16.5. The van der Waals surface area contributed by atoms with Crippen LogP contribution in [0.1, 0.15) is 38.2 Å². The van der Waals surface area contributed by atoms with E-state index in [1.165, 1.54) is 16.9 Å². The maximum Gasteiger partial charge on any atom is 0.234 e. The largest absolute Gasteiger partial charge is 0.504 e. The molecular formula is C25H28N2O6. The van der Waals surface area contributed by atoms with Crippen molar-refractivity contribution in [2.75, 3.05) is 20.2 Å². The number of nitrogens with zero attached hydrogens (tertiary/aromatic N) is 2. The van der Waals surface area contributed by atoms with Gasteiger partial charge in [-0.2, -0.15) is 0 Å². The summed E-state index contributed by atoms with van der Waals surface area (Å²) >= 11 is 0. The van der Waals surface area contributed by atoms with Crippen LogP contribution in [0.4, 0.5) is 0 Å². The summed E-state index contributed by atoms with van der Waals surface area (Å²) < 4.78 is 5.18. The van der Waals surface area contributed by atoms with E-state index in [2.05, 4.69) is 0 Å². The van der Waals surface area contributed by atoms with Crippen LogP contribution in [0.15, 0.2) is 29.8 Å². The Morgan fingerprint density at radius 1 is 0.909 bits per heavy atom. The fraction of sp³-hybridized carbons (Fsp3) is 0.520. The number of carbonyl (C=O) groups excluding carboxylic acids is 4. The van der Waals surface area contributed by atoms with Crippen LogP contribution in [0, 0.1) is 29.6 Å². The van der Waals surface area contributed by atoms with Gasteiger partial charge in [-0.15, -0.1) is 0 Å². The van der Waals surface area contributed by atoms with Gasteiger partial charge < -0.3 is 9.84 Å². The number of ether oxygens (including phenoxy) is 1. The maximum absolute atomic E-state index is 13.4. The van der Waals surface area contributed by atoms with E-state index < -0.39 is 29.6 Å². The summed E-state index contributed by atoms with van der Waals surface area (Å²) in [5.41, 5.74) is 1.64. The van der Waals surface area contributed by atoms with Crippen molar-refractivity contribution in [2.24, 2.45) is 29.6 Å². The number of likely N-dealkylation sites (tertiary alicyclic amines) is 2. The Labute approximate surface area is 192 Å². The van der Waals surface area contributed by atoms with Crippen molar-refractivity contribution in [1.82, 2.24) is 9.80 Å². The van der Waals surface area contributed by atoms with Gasteiger partial charge >= 0.3 is 0 Å². The fourth-order valence-corrected chi connectivity index (χ4v) is 6.62. The molecule has 0 unspecified atom stereocenters. The third-order valence-corrected chi connectivity index (χ3v) is 8.03. The van der Waals surface area contributed by atoms with Gasteiger partial charge in [-0.05, 0) is 50.3 Å². The molecule has 0 spiro atoms. The van der Waals surface area contributed by atoms with Gasteiger partial charge in [-0.25, -0.2) is 0 Å². The van der Waals surface area contributed by atoms with E-state index in [4.69, 9.17) is 4.74 Å². The third-order valence-electron chi connectivity index (χ3n) is 8.03. The molecule has 0 radical (unpaired) electrons. The molecule has 1 aromatic rings. The number of phenolic OH excluding ortho intramolecular Hbond substituents is 1. The predicted molar refractivity (Wildman–Crippen MR) is 117 cm³/mol. The van der Waals surface area contributed by atoms with E-state index >= 15 is 0 Å². The number of hydrogen-bond donors (Lipinski definition) is 1. The van der Waals surface area contributed by atoms with E-state index in [-0.39, 0.29) is 35.3 Å². The van der Waals surface area contributed by atoms with Crippen LogP contribution in [0.3, 0.4) is 0 Å². The molecular weight excluding hydrogens is 424 g/mol. The first-order valence-corrected chi connectivity index (χ1v) is 11.6. The highest BCUT2D eigenvalue weighted by Crippen LogP contribution is 2.58. The zero-order chi connectivity index (χ0) is 23.6. The molecule has 1 aromatic carbocycles. The number of fused-ring (bicyclic) bond motifs is 4. The molecule has 4 aliphatic rings. The monoisotopic (exact) mass is 452 g/mol. The second kappa shape index (κ2) is 7.71. The number of methoxy groups -OCH3 is 1. The van der Waals surface area contributed by atoms with Crippen LogP contribution in [-0.4, -0.2) is 58.7 Å². The minimum atomic E-state index is -0.584. The zero-order valence-electron chi connectivity index (χ0n) is 19.0. The Morgan fingerprint density at radius 3 is 2.15 bits per heavy atom. The fourth-order valence-electron chi connectivity index (χ4n) is 6.62. The summed E-state index contributed by atoms with van der Waals surface area (Å²) in [7, 11) is 1.46. The van der Waals surface area contributed by atoms with E-state index in [9.17, 15) is 24.3 Å². The summed E-state index contributed by atoms with van der Waals surface area (Å²) in [5, 5.41) is 10.5. The molecule has 8 heteroatoms. The van der Waals surface area contributed by atoms with Gasteiger partial charge in [0.25, 0.3) is 0 Å². The van der Waals surface area contributed by atoms with Gasteiger partial charge in [-0.1, -0.05) is 17.7 Å². The molecule has 0 bridgehead atoms. The number of amides is 4. The molecule has 2 heterocycles. The van der Waals surface area contributed by atoms with Crippen LogP contribution in [0.2, 0.25) is 0 Å². The molecule has 0 aromatic heterocycles. The van der Waals surface area contributed by atoms with Crippen LogP contribution in [-0.2, 0) is 19.2 Å². The van der Waals surface area contributed by atoms with Crippen LogP contribution in [0.25, 0.3) is 0 Å². The van der Waals surface area contributed by atoms with Crippen molar-refractivity contribution in [1.29, 1.82) is 0 Å². The number of phenols is 1. The highest BCUT2D eigenvalue weighted by molar-refractivity contribution is 6.07. The summed E-state index contributed by atoms with van der Waals surface area (Å²) in [6.45, 7) is 4.19. The third kappa shape index (κ3) is 2.89. The van der Waals surface area contributed by atoms with E-state index in [1.807, 2.05) is 12.1 Å². The number of imide groups is 2. The van der Waals surface area contributed by atoms with E-state index in [0.717, 1.165) is 5.57 Å². The summed E-state index contributed by atoms with van der Waals surface area (Å²) in [4.78, 5) is 55.3. The van der Waals surface area contributed by atoms with Gasteiger partial charge in [0, 0.05) is 19.0 Å². The second-order valence-corrected chi connectivity index (χ2v) is 9.30. The summed E-state index contributed by atoms with van der Waals surface area (Å²) in [6, 6.07) is 5.04. The van der Waals surface area contributed by atoms with Crippen molar-refractivity contribution in [3.63, 3.8) is 0 Å². The summed E-state index contributed by atoms with van der Waals surface area (Å²) in [5.74, 6) is -3.26. The molecule has 2 saturated heterocycles. The number of rotatable bonds is 4. The number of hydrogen-bond acceptors (Lipinski definition) is 6. The van der Waals surface area contributed by atoms with Gasteiger partial charge in [-0.3, -0.25) is 29.0 Å². The Balaban J connectivity index is 1.64. The molecule has 6 atom stereocenters. The van der Waals surface area contributed by atoms with Crippen molar-refractivity contribution in [3.05, 3.63) is 35.4 Å². The Kier molecular flexibility index (Phi) is 5.06.